The van der Waals surface area contributed by atoms with Gasteiger partial charge in [-0.1, -0.05) is 0 Å². The van der Waals surface area contributed by atoms with E-state index in [1.54, 1.807) is 23.4 Å². The highest BCUT2D eigenvalue weighted by Crippen LogP contribution is 2.07. The monoisotopic (exact) mass is 239 g/mol. The number of aromatic nitrogens is 2. The van der Waals surface area contributed by atoms with Crippen molar-refractivity contribution in [2.45, 2.75) is 20.4 Å². The Morgan fingerprint density at radius 3 is 2.71 bits per heavy atom. The van der Waals surface area contributed by atoms with Gasteiger partial charge < -0.3 is 14.2 Å². The molecule has 6 heteroatoms. The summed E-state index contributed by atoms with van der Waals surface area (Å²) in [6.07, 6.45) is 1.42. The molecule has 6 nitrogen and oxygen atoms in total. The lowest BCUT2D eigenvalue weighted by molar-refractivity contribution is -0.130. The van der Waals surface area contributed by atoms with Crippen molar-refractivity contribution in [1.82, 2.24) is 14.5 Å². The number of ether oxygens (including phenoxy) is 1. The van der Waals surface area contributed by atoms with Crippen LogP contribution in [0.5, 0.6) is 0 Å². The van der Waals surface area contributed by atoms with E-state index >= 15 is 0 Å². The van der Waals surface area contributed by atoms with Crippen LogP contribution in [0.25, 0.3) is 0 Å². The molecule has 0 unspecified atom stereocenters. The summed E-state index contributed by atoms with van der Waals surface area (Å²) in [6.45, 7) is 4.35. The highest BCUT2D eigenvalue weighted by molar-refractivity contribution is 5.88. The van der Waals surface area contributed by atoms with Crippen LogP contribution in [0.15, 0.2) is 6.20 Å². The van der Waals surface area contributed by atoms with Crippen molar-refractivity contribution in [2.24, 2.45) is 0 Å². The molecule has 0 spiro atoms. The van der Waals surface area contributed by atoms with E-state index < -0.39 is 5.97 Å². The number of rotatable bonds is 4. The number of carbonyl (C=O) groups is 2. The number of carbonyl (C=O) groups excluding carboxylic acids is 2. The van der Waals surface area contributed by atoms with E-state index in [-0.39, 0.29) is 12.5 Å². The summed E-state index contributed by atoms with van der Waals surface area (Å²) in [5, 5.41) is 0. The fourth-order valence-electron chi connectivity index (χ4n) is 1.37. The third-order valence-corrected chi connectivity index (χ3v) is 2.64. The quantitative estimate of drug-likeness (QED) is 0.716. The van der Waals surface area contributed by atoms with Gasteiger partial charge in [-0.05, 0) is 13.8 Å². The van der Waals surface area contributed by atoms with Crippen LogP contribution in [0.3, 0.4) is 0 Å². The van der Waals surface area contributed by atoms with Crippen LogP contribution in [0.4, 0.5) is 0 Å². The molecular weight excluding hydrogens is 222 g/mol. The maximum Gasteiger partial charge on any atom is 0.356 e. The standard InChI is InChI=1S/C11H17N3O3/c1-5-13(3)10(15)7-14-8(2)12-6-9(14)11(16)17-4/h6H,5,7H2,1-4H3. The summed E-state index contributed by atoms with van der Waals surface area (Å²) in [5.41, 5.74) is 0.294. The molecular formula is C11H17N3O3. The highest BCUT2D eigenvalue weighted by atomic mass is 16.5. The Bertz CT molecular complexity index is 426. The van der Waals surface area contributed by atoms with Gasteiger partial charge >= 0.3 is 5.97 Å². The second-order valence-corrected chi connectivity index (χ2v) is 3.68. The number of imidazole rings is 1. The first kappa shape index (κ1) is 13.2. The Morgan fingerprint density at radius 1 is 1.53 bits per heavy atom. The zero-order chi connectivity index (χ0) is 13.0. The Balaban J connectivity index is 2.94. The average molecular weight is 239 g/mol. The van der Waals surface area contributed by atoms with Crippen LogP contribution in [0.1, 0.15) is 23.2 Å². The Morgan fingerprint density at radius 2 is 2.18 bits per heavy atom. The van der Waals surface area contributed by atoms with Crippen LogP contribution in [-0.4, -0.2) is 47.0 Å². The number of amides is 1. The first-order valence-corrected chi connectivity index (χ1v) is 5.35. The van der Waals surface area contributed by atoms with Crippen LogP contribution in [-0.2, 0) is 16.1 Å². The summed E-state index contributed by atoms with van der Waals surface area (Å²) in [4.78, 5) is 28.8. The van der Waals surface area contributed by atoms with Gasteiger partial charge in [-0.2, -0.15) is 0 Å². The van der Waals surface area contributed by atoms with Gasteiger partial charge in [-0.25, -0.2) is 9.78 Å². The number of aryl methyl sites for hydroxylation is 1. The molecule has 0 radical (unpaired) electrons. The van der Waals surface area contributed by atoms with Gasteiger partial charge in [0.1, 0.15) is 18.1 Å². The van der Waals surface area contributed by atoms with E-state index in [4.69, 9.17) is 0 Å². The minimum atomic E-state index is -0.488. The van der Waals surface area contributed by atoms with Gasteiger partial charge in [0, 0.05) is 13.6 Å². The van der Waals surface area contributed by atoms with Crippen molar-refractivity contribution in [3.8, 4) is 0 Å². The predicted molar refractivity (Wildman–Crippen MR) is 61.6 cm³/mol. The molecule has 0 atom stereocenters. The van der Waals surface area contributed by atoms with Gasteiger partial charge in [0.25, 0.3) is 0 Å². The Hall–Kier alpha value is -1.85. The van der Waals surface area contributed by atoms with Crippen molar-refractivity contribution < 1.29 is 14.3 Å². The van der Waals surface area contributed by atoms with E-state index in [1.165, 1.54) is 13.3 Å². The molecule has 1 heterocycles. The molecule has 17 heavy (non-hydrogen) atoms. The Labute approximate surface area is 100 Å². The molecule has 1 amide bonds. The van der Waals surface area contributed by atoms with Crippen molar-refractivity contribution in [1.29, 1.82) is 0 Å². The van der Waals surface area contributed by atoms with Crippen molar-refractivity contribution in [3.05, 3.63) is 17.7 Å². The lowest BCUT2D eigenvalue weighted by Gasteiger charge is -2.16. The zero-order valence-electron chi connectivity index (χ0n) is 10.6. The first-order chi connectivity index (χ1) is 8.01. The van der Waals surface area contributed by atoms with Gasteiger partial charge in [-0.3, -0.25) is 4.79 Å². The van der Waals surface area contributed by atoms with Crippen LogP contribution in [0, 0.1) is 6.92 Å². The van der Waals surface area contributed by atoms with E-state index in [2.05, 4.69) is 9.72 Å². The number of esters is 1. The zero-order valence-corrected chi connectivity index (χ0v) is 10.6. The lowest BCUT2D eigenvalue weighted by Crippen LogP contribution is -2.31. The molecule has 0 fully saturated rings. The number of likely N-dealkylation sites (N-methyl/N-ethyl adjacent to an activating group) is 1. The molecule has 0 aromatic carbocycles. The smallest absolute Gasteiger partial charge is 0.356 e. The Kier molecular flexibility index (Phi) is 4.25. The lowest BCUT2D eigenvalue weighted by atomic mass is 10.4. The van der Waals surface area contributed by atoms with Crippen molar-refractivity contribution in [2.75, 3.05) is 20.7 Å². The van der Waals surface area contributed by atoms with Gasteiger partial charge in [-0.15, -0.1) is 0 Å². The first-order valence-electron chi connectivity index (χ1n) is 5.35. The summed E-state index contributed by atoms with van der Waals surface area (Å²) >= 11 is 0. The number of hydrogen-bond donors (Lipinski definition) is 0. The van der Waals surface area contributed by atoms with Gasteiger partial charge in [0.05, 0.1) is 13.3 Å². The number of hydrogen-bond acceptors (Lipinski definition) is 4. The van der Waals surface area contributed by atoms with E-state index in [1.807, 2.05) is 6.92 Å². The normalized spacial score (nSPS) is 10.1. The molecule has 0 saturated heterocycles. The van der Waals surface area contributed by atoms with Gasteiger partial charge in [0.15, 0.2) is 0 Å². The van der Waals surface area contributed by atoms with E-state index in [9.17, 15) is 9.59 Å². The van der Waals surface area contributed by atoms with E-state index in [0.717, 1.165) is 0 Å². The molecule has 0 bridgehead atoms. The largest absolute Gasteiger partial charge is 0.464 e. The summed E-state index contributed by atoms with van der Waals surface area (Å²) < 4.78 is 6.19. The summed E-state index contributed by atoms with van der Waals surface area (Å²) in [5.74, 6) is 0.0551. The molecule has 0 saturated carbocycles. The van der Waals surface area contributed by atoms with Crippen LogP contribution < -0.4 is 0 Å². The fraction of sp³-hybridized carbons (Fsp3) is 0.545. The highest BCUT2D eigenvalue weighted by Gasteiger charge is 2.18. The SMILES string of the molecule is CCN(C)C(=O)Cn1c(C(=O)OC)cnc1C. The fourth-order valence-corrected chi connectivity index (χ4v) is 1.37. The van der Waals surface area contributed by atoms with Crippen molar-refractivity contribution in [3.63, 3.8) is 0 Å². The maximum absolute atomic E-state index is 11.8. The third-order valence-electron chi connectivity index (χ3n) is 2.64. The second-order valence-electron chi connectivity index (χ2n) is 3.68. The number of methoxy groups -OCH3 is 1. The minimum Gasteiger partial charge on any atom is -0.464 e. The minimum absolute atomic E-state index is 0.0706. The predicted octanol–water partition coefficient (Wildman–Crippen LogP) is 0.456. The second kappa shape index (κ2) is 5.47. The topological polar surface area (TPSA) is 64.4 Å². The summed E-state index contributed by atoms with van der Waals surface area (Å²) in [6, 6.07) is 0. The van der Waals surface area contributed by atoms with E-state index in [0.29, 0.717) is 18.1 Å². The van der Waals surface area contributed by atoms with Crippen LogP contribution >= 0.6 is 0 Å². The van der Waals surface area contributed by atoms with Crippen LogP contribution in [0.2, 0.25) is 0 Å². The van der Waals surface area contributed by atoms with Crippen molar-refractivity contribution >= 4 is 11.9 Å². The molecule has 1 aromatic rings. The molecule has 1 rings (SSSR count). The molecule has 0 aliphatic carbocycles. The molecule has 0 aliphatic rings. The molecule has 94 valence electrons. The third kappa shape index (κ3) is 2.83. The van der Waals surface area contributed by atoms with Gasteiger partial charge in [0.2, 0.25) is 5.91 Å². The number of nitrogens with zero attached hydrogens (tertiary/aromatic N) is 3. The average Bonchev–Trinajstić information content (AvgIpc) is 2.69. The molecule has 1 aromatic heterocycles. The summed E-state index contributed by atoms with van der Waals surface area (Å²) in [7, 11) is 3.02. The molecule has 0 aliphatic heterocycles. The maximum atomic E-state index is 11.8. The molecule has 0 N–H and O–H groups in total.